The van der Waals surface area contributed by atoms with Crippen LogP contribution >= 0.6 is 11.8 Å². The van der Waals surface area contributed by atoms with Crippen LogP contribution < -0.4 is 9.47 Å². The molecule has 0 aliphatic carbocycles. The van der Waals surface area contributed by atoms with E-state index in [2.05, 4.69) is 10.2 Å². The summed E-state index contributed by atoms with van der Waals surface area (Å²) in [6.07, 6.45) is 0.783. The minimum absolute atomic E-state index is 0.238. The second-order valence-electron chi connectivity index (χ2n) is 5.48. The number of thioether (sulfide) groups is 1. The van der Waals surface area contributed by atoms with Crippen LogP contribution in [0.4, 0.5) is 0 Å². The molecule has 0 bridgehead atoms. The number of methoxy groups -OCH3 is 1. The number of benzene rings is 2. The zero-order chi connectivity index (χ0) is 19.1. The van der Waals surface area contributed by atoms with E-state index >= 15 is 0 Å². The number of ether oxygens (including phenoxy) is 2. The Morgan fingerprint density at radius 1 is 1.07 bits per heavy atom. The lowest BCUT2D eigenvalue weighted by atomic mass is 10.2. The zero-order valence-electron chi connectivity index (χ0n) is 14.6. The van der Waals surface area contributed by atoms with Gasteiger partial charge in [0.1, 0.15) is 11.5 Å². The average molecular weight is 386 g/mol. The SMILES string of the molecule is COc1ccc(-c2nnc(SCCCOc3ccc(C(=O)O)cc3)o2)cc1. The van der Waals surface area contributed by atoms with Crippen LogP contribution in [0.15, 0.2) is 58.2 Å². The fourth-order valence-electron chi connectivity index (χ4n) is 2.22. The molecule has 0 aliphatic rings. The molecule has 0 atom stereocenters. The predicted octanol–water partition coefficient (Wildman–Crippen LogP) is 4.00. The van der Waals surface area contributed by atoms with Gasteiger partial charge < -0.3 is 19.0 Å². The van der Waals surface area contributed by atoms with Gasteiger partial charge in [0.15, 0.2) is 0 Å². The lowest BCUT2D eigenvalue weighted by Crippen LogP contribution is -2.00. The first-order valence-electron chi connectivity index (χ1n) is 8.22. The molecule has 0 spiro atoms. The van der Waals surface area contributed by atoms with Crippen molar-refractivity contribution >= 4 is 17.7 Å². The molecule has 1 aromatic heterocycles. The van der Waals surface area contributed by atoms with Crippen LogP contribution in [0, 0.1) is 0 Å². The summed E-state index contributed by atoms with van der Waals surface area (Å²) < 4.78 is 16.4. The number of hydrogen-bond acceptors (Lipinski definition) is 7. The van der Waals surface area contributed by atoms with Crippen LogP contribution in [-0.4, -0.2) is 40.7 Å². The number of carboxylic acids is 1. The first-order valence-corrected chi connectivity index (χ1v) is 9.21. The lowest BCUT2D eigenvalue weighted by Gasteiger charge is -2.05. The van der Waals surface area contributed by atoms with E-state index in [-0.39, 0.29) is 5.56 Å². The quantitative estimate of drug-likeness (QED) is 0.435. The highest BCUT2D eigenvalue weighted by molar-refractivity contribution is 7.99. The van der Waals surface area contributed by atoms with Gasteiger partial charge in [-0.25, -0.2) is 4.79 Å². The van der Waals surface area contributed by atoms with Crippen LogP contribution in [0.1, 0.15) is 16.8 Å². The molecular weight excluding hydrogens is 368 g/mol. The average Bonchev–Trinajstić information content (AvgIpc) is 3.17. The Morgan fingerprint density at radius 3 is 2.44 bits per heavy atom. The molecule has 140 valence electrons. The third-order valence-electron chi connectivity index (χ3n) is 3.63. The highest BCUT2D eigenvalue weighted by Gasteiger charge is 2.09. The van der Waals surface area contributed by atoms with Gasteiger partial charge in [-0.15, -0.1) is 10.2 Å². The van der Waals surface area contributed by atoms with Gasteiger partial charge in [0, 0.05) is 11.3 Å². The molecule has 0 radical (unpaired) electrons. The van der Waals surface area contributed by atoms with Crippen molar-refractivity contribution in [2.24, 2.45) is 0 Å². The monoisotopic (exact) mass is 386 g/mol. The Kier molecular flexibility index (Phi) is 6.32. The van der Waals surface area contributed by atoms with Gasteiger partial charge in [0.25, 0.3) is 5.22 Å². The van der Waals surface area contributed by atoms with Crippen molar-refractivity contribution in [3.05, 3.63) is 54.1 Å². The molecule has 1 heterocycles. The molecule has 0 saturated carbocycles. The first-order chi connectivity index (χ1) is 13.2. The first kappa shape index (κ1) is 18.8. The molecule has 3 rings (SSSR count). The van der Waals surface area contributed by atoms with E-state index in [0.717, 1.165) is 23.5 Å². The smallest absolute Gasteiger partial charge is 0.335 e. The standard InChI is InChI=1S/C19H18N2O5S/c1-24-15-7-3-13(4-8-15)17-20-21-19(26-17)27-12-2-11-25-16-9-5-14(6-10-16)18(22)23/h3-10H,2,11-12H2,1H3,(H,22,23). The van der Waals surface area contributed by atoms with E-state index in [1.165, 1.54) is 23.9 Å². The molecule has 27 heavy (non-hydrogen) atoms. The molecule has 0 saturated heterocycles. The van der Waals surface area contributed by atoms with Gasteiger partial charge in [-0.3, -0.25) is 0 Å². The van der Waals surface area contributed by atoms with E-state index < -0.39 is 5.97 Å². The molecule has 0 aliphatic heterocycles. The van der Waals surface area contributed by atoms with Crippen LogP contribution in [-0.2, 0) is 0 Å². The molecular formula is C19H18N2O5S. The van der Waals surface area contributed by atoms with E-state index in [1.54, 1.807) is 19.2 Å². The highest BCUT2D eigenvalue weighted by Crippen LogP contribution is 2.25. The van der Waals surface area contributed by atoms with Crippen LogP contribution in [0.2, 0.25) is 0 Å². The second kappa shape index (κ2) is 9.09. The fraction of sp³-hybridized carbons (Fsp3) is 0.211. The van der Waals surface area contributed by atoms with Gasteiger partial charge in [-0.1, -0.05) is 11.8 Å². The van der Waals surface area contributed by atoms with Crippen LogP contribution in [0.3, 0.4) is 0 Å². The Bertz CT molecular complexity index is 878. The maximum atomic E-state index is 10.8. The number of hydrogen-bond donors (Lipinski definition) is 1. The minimum Gasteiger partial charge on any atom is -0.497 e. The minimum atomic E-state index is -0.952. The van der Waals surface area contributed by atoms with Gasteiger partial charge in [0.2, 0.25) is 5.89 Å². The summed E-state index contributed by atoms with van der Waals surface area (Å²) in [6, 6.07) is 13.7. The van der Waals surface area contributed by atoms with Crippen molar-refractivity contribution in [2.45, 2.75) is 11.6 Å². The van der Waals surface area contributed by atoms with Crippen molar-refractivity contribution in [3.8, 4) is 23.0 Å². The van der Waals surface area contributed by atoms with Crippen LogP contribution in [0.25, 0.3) is 11.5 Å². The Morgan fingerprint density at radius 2 is 1.78 bits per heavy atom. The summed E-state index contributed by atoms with van der Waals surface area (Å²) in [5.74, 6) is 1.69. The van der Waals surface area contributed by atoms with Gasteiger partial charge in [-0.05, 0) is 55.0 Å². The lowest BCUT2D eigenvalue weighted by molar-refractivity contribution is 0.0697. The van der Waals surface area contributed by atoms with Gasteiger partial charge >= 0.3 is 5.97 Å². The van der Waals surface area contributed by atoms with Crippen molar-refractivity contribution < 1.29 is 23.8 Å². The zero-order valence-corrected chi connectivity index (χ0v) is 15.4. The molecule has 0 amide bonds. The number of carbonyl (C=O) groups is 1. The number of rotatable bonds is 9. The second-order valence-corrected chi connectivity index (χ2v) is 6.53. The van der Waals surface area contributed by atoms with Crippen molar-refractivity contribution in [1.82, 2.24) is 10.2 Å². The van der Waals surface area contributed by atoms with Crippen molar-refractivity contribution in [1.29, 1.82) is 0 Å². The maximum absolute atomic E-state index is 10.8. The third-order valence-corrected chi connectivity index (χ3v) is 4.53. The Hall–Kier alpha value is -3.00. The molecule has 0 unspecified atom stereocenters. The predicted molar refractivity (Wildman–Crippen MR) is 101 cm³/mol. The number of aromatic nitrogens is 2. The topological polar surface area (TPSA) is 94.7 Å². The summed E-state index contributed by atoms with van der Waals surface area (Å²) >= 11 is 1.46. The summed E-state index contributed by atoms with van der Waals surface area (Å²) in [7, 11) is 1.62. The van der Waals surface area contributed by atoms with E-state index in [0.29, 0.717) is 23.5 Å². The summed E-state index contributed by atoms with van der Waals surface area (Å²) in [6.45, 7) is 0.513. The van der Waals surface area contributed by atoms with E-state index in [1.807, 2.05) is 24.3 Å². The van der Waals surface area contributed by atoms with E-state index in [9.17, 15) is 4.79 Å². The fourth-order valence-corrected chi connectivity index (χ4v) is 2.89. The molecule has 7 nitrogen and oxygen atoms in total. The van der Waals surface area contributed by atoms with Gasteiger partial charge in [-0.2, -0.15) is 0 Å². The number of nitrogens with zero attached hydrogens (tertiary/aromatic N) is 2. The molecule has 1 N–H and O–H groups in total. The molecule has 0 fully saturated rings. The van der Waals surface area contributed by atoms with Crippen LogP contribution in [0.5, 0.6) is 11.5 Å². The third kappa shape index (κ3) is 5.24. The van der Waals surface area contributed by atoms with E-state index in [4.69, 9.17) is 19.0 Å². The molecule has 3 aromatic rings. The maximum Gasteiger partial charge on any atom is 0.335 e. The summed E-state index contributed by atoms with van der Waals surface area (Å²) in [5, 5.41) is 17.5. The highest BCUT2D eigenvalue weighted by atomic mass is 32.2. The summed E-state index contributed by atoms with van der Waals surface area (Å²) in [4.78, 5) is 10.8. The molecule has 8 heteroatoms. The number of carboxylic acid groups (broad SMARTS) is 1. The van der Waals surface area contributed by atoms with Gasteiger partial charge in [0.05, 0.1) is 19.3 Å². The summed E-state index contributed by atoms with van der Waals surface area (Å²) in [5.41, 5.74) is 1.07. The van der Waals surface area contributed by atoms with Crippen molar-refractivity contribution in [2.75, 3.05) is 19.5 Å². The Labute approximate surface area is 160 Å². The molecule has 2 aromatic carbocycles. The van der Waals surface area contributed by atoms with Crippen molar-refractivity contribution in [3.63, 3.8) is 0 Å². The normalized spacial score (nSPS) is 10.6. The Balaban J connectivity index is 1.41. The number of aromatic carboxylic acids is 1. The largest absolute Gasteiger partial charge is 0.497 e.